The molecule has 1 aliphatic heterocycles. The molecule has 0 saturated carbocycles. The van der Waals surface area contributed by atoms with E-state index < -0.39 is 23.2 Å². The predicted molar refractivity (Wildman–Crippen MR) is 43.1 cm³/mol. The molecule has 0 aromatic carbocycles. The van der Waals surface area contributed by atoms with Gasteiger partial charge >= 0.3 is 0 Å². The highest BCUT2D eigenvalue weighted by molar-refractivity contribution is 6.28. The molecule has 0 aromatic heterocycles. The van der Waals surface area contributed by atoms with Crippen molar-refractivity contribution in [3.05, 3.63) is 0 Å². The minimum atomic E-state index is -1.83. The molecule has 0 aliphatic carbocycles. The van der Waals surface area contributed by atoms with Gasteiger partial charge in [-0.05, 0) is 0 Å². The first-order valence-electron chi connectivity index (χ1n) is 3.64. The van der Waals surface area contributed by atoms with E-state index in [1.165, 1.54) is 0 Å². The van der Waals surface area contributed by atoms with Crippen LogP contribution in [-0.4, -0.2) is 36.8 Å². The largest absolute Gasteiger partial charge is 0.394 e. The Morgan fingerprint density at radius 3 is 2.55 bits per heavy atom. The SMILES string of the molecule is B[C@@H]1O[C@H](CO)[C@@H](C)[C@]1(F)Cl. The lowest BCUT2D eigenvalue weighted by Crippen LogP contribution is -2.33. The lowest BCUT2D eigenvalue weighted by atomic mass is 9.89. The molecule has 0 bridgehead atoms. The first-order chi connectivity index (χ1) is 5.00. The van der Waals surface area contributed by atoms with Crippen molar-refractivity contribution in [1.29, 1.82) is 0 Å². The lowest BCUT2D eigenvalue weighted by Gasteiger charge is -2.19. The summed E-state index contributed by atoms with van der Waals surface area (Å²) in [5.74, 6) is -0.454. The van der Waals surface area contributed by atoms with Gasteiger partial charge in [0.25, 0.3) is 0 Å². The number of aliphatic hydroxyl groups excluding tert-OH is 1. The highest BCUT2D eigenvalue weighted by atomic mass is 35.5. The van der Waals surface area contributed by atoms with Gasteiger partial charge in [-0.3, -0.25) is 0 Å². The molecular formula is C6H11BClFO2. The summed E-state index contributed by atoms with van der Waals surface area (Å²) in [5, 5.41) is 6.91. The van der Waals surface area contributed by atoms with E-state index in [4.69, 9.17) is 21.4 Å². The van der Waals surface area contributed by atoms with Gasteiger partial charge in [0, 0.05) is 5.92 Å². The van der Waals surface area contributed by atoms with Crippen molar-refractivity contribution in [3.63, 3.8) is 0 Å². The topological polar surface area (TPSA) is 29.5 Å². The second-order valence-corrected chi connectivity index (χ2v) is 3.54. The number of alkyl halides is 2. The molecule has 0 spiro atoms. The first kappa shape index (κ1) is 9.29. The highest BCUT2D eigenvalue weighted by Crippen LogP contribution is 2.41. The van der Waals surface area contributed by atoms with Gasteiger partial charge < -0.3 is 9.84 Å². The Bertz CT molecular complexity index is 156. The molecule has 2 nitrogen and oxygen atoms in total. The van der Waals surface area contributed by atoms with Crippen LogP contribution in [-0.2, 0) is 4.74 Å². The van der Waals surface area contributed by atoms with Crippen LogP contribution in [0.25, 0.3) is 0 Å². The molecule has 1 aliphatic rings. The number of rotatable bonds is 1. The van der Waals surface area contributed by atoms with E-state index in [0.717, 1.165) is 0 Å². The summed E-state index contributed by atoms with van der Waals surface area (Å²) in [6.07, 6.45) is -0.465. The van der Waals surface area contributed by atoms with Crippen molar-refractivity contribution in [3.8, 4) is 0 Å². The predicted octanol–water partition coefficient (Wildman–Crippen LogP) is -0.123. The fraction of sp³-hybridized carbons (Fsp3) is 1.00. The monoisotopic (exact) mass is 180 g/mol. The maximum Gasteiger partial charge on any atom is 0.206 e. The van der Waals surface area contributed by atoms with Crippen LogP contribution in [0.15, 0.2) is 0 Å². The zero-order chi connectivity index (χ0) is 8.65. The quantitative estimate of drug-likeness (QED) is 0.450. The molecule has 0 unspecified atom stereocenters. The van der Waals surface area contributed by atoms with Gasteiger partial charge in [-0.25, -0.2) is 4.39 Å². The average Bonchev–Trinajstić information content (AvgIpc) is 2.14. The smallest absolute Gasteiger partial charge is 0.206 e. The third-order valence-corrected chi connectivity index (χ3v) is 2.92. The normalized spacial score (nSPS) is 51.5. The molecule has 11 heavy (non-hydrogen) atoms. The zero-order valence-corrected chi connectivity index (χ0v) is 7.31. The number of ether oxygens (including phenoxy) is 1. The van der Waals surface area contributed by atoms with Gasteiger partial charge in [0.1, 0.15) is 7.85 Å². The van der Waals surface area contributed by atoms with Crippen molar-refractivity contribution in [2.45, 2.75) is 24.2 Å². The number of hydrogen-bond acceptors (Lipinski definition) is 2. The Morgan fingerprint density at radius 1 is 1.82 bits per heavy atom. The summed E-state index contributed by atoms with van der Waals surface area (Å²) >= 11 is 5.54. The molecule has 0 aromatic rings. The summed E-state index contributed by atoms with van der Waals surface area (Å²) in [7, 11) is 1.57. The van der Waals surface area contributed by atoms with Gasteiger partial charge in [-0.2, -0.15) is 0 Å². The number of aliphatic hydroxyl groups is 1. The van der Waals surface area contributed by atoms with Crippen molar-refractivity contribution in [2.75, 3.05) is 6.61 Å². The van der Waals surface area contributed by atoms with E-state index in [0.29, 0.717) is 0 Å². The van der Waals surface area contributed by atoms with Crippen LogP contribution in [0.1, 0.15) is 6.92 Å². The first-order valence-corrected chi connectivity index (χ1v) is 4.02. The van der Waals surface area contributed by atoms with Crippen LogP contribution >= 0.6 is 11.6 Å². The van der Waals surface area contributed by atoms with Crippen LogP contribution in [0.4, 0.5) is 4.39 Å². The van der Waals surface area contributed by atoms with Crippen LogP contribution in [0.5, 0.6) is 0 Å². The van der Waals surface area contributed by atoms with E-state index in [-0.39, 0.29) is 6.61 Å². The molecule has 4 atom stereocenters. The second-order valence-electron chi connectivity index (χ2n) is 2.96. The van der Waals surface area contributed by atoms with Crippen LogP contribution in [0.3, 0.4) is 0 Å². The van der Waals surface area contributed by atoms with Crippen molar-refractivity contribution in [2.24, 2.45) is 5.92 Å². The Balaban J connectivity index is 2.71. The van der Waals surface area contributed by atoms with E-state index in [9.17, 15) is 4.39 Å². The summed E-state index contributed by atoms with van der Waals surface area (Å²) in [6, 6.07) is -0.642. The Morgan fingerprint density at radius 2 is 2.36 bits per heavy atom. The average molecular weight is 180 g/mol. The van der Waals surface area contributed by atoms with Gasteiger partial charge in [0.15, 0.2) is 0 Å². The molecule has 1 heterocycles. The maximum atomic E-state index is 13.4. The van der Waals surface area contributed by atoms with E-state index in [1.54, 1.807) is 14.8 Å². The summed E-state index contributed by atoms with van der Waals surface area (Å²) in [5.41, 5.74) is 0. The number of hydrogen-bond donors (Lipinski definition) is 1. The molecule has 0 radical (unpaired) electrons. The summed E-state index contributed by atoms with van der Waals surface area (Å²) in [6.45, 7) is 1.46. The van der Waals surface area contributed by atoms with Gasteiger partial charge in [0.05, 0.1) is 18.7 Å². The van der Waals surface area contributed by atoms with Crippen molar-refractivity contribution < 1.29 is 14.2 Å². The Hall–Kier alpha value is 0.205. The van der Waals surface area contributed by atoms with Crippen molar-refractivity contribution in [1.82, 2.24) is 0 Å². The molecule has 1 N–H and O–H groups in total. The van der Waals surface area contributed by atoms with Crippen LogP contribution in [0, 0.1) is 5.92 Å². The van der Waals surface area contributed by atoms with Crippen LogP contribution < -0.4 is 0 Å². The van der Waals surface area contributed by atoms with E-state index in [2.05, 4.69) is 0 Å². The fourth-order valence-corrected chi connectivity index (χ4v) is 1.48. The third-order valence-electron chi connectivity index (χ3n) is 2.27. The second kappa shape index (κ2) is 2.92. The lowest BCUT2D eigenvalue weighted by molar-refractivity contribution is 0.0269. The Kier molecular flexibility index (Phi) is 2.47. The molecule has 64 valence electrons. The molecule has 0 amide bonds. The van der Waals surface area contributed by atoms with Crippen LogP contribution in [0.2, 0.25) is 0 Å². The maximum absolute atomic E-state index is 13.4. The summed E-state index contributed by atoms with van der Waals surface area (Å²) in [4.78, 5) is 0. The molecule has 1 fully saturated rings. The fourth-order valence-electron chi connectivity index (χ4n) is 1.29. The third kappa shape index (κ3) is 1.39. The summed E-state index contributed by atoms with van der Waals surface area (Å²) < 4.78 is 18.4. The molecule has 5 heteroatoms. The van der Waals surface area contributed by atoms with E-state index >= 15 is 0 Å². The van der Waals surface area contributed by atoms with Gasteiger partial charge in [-0.15, -0.1) is 0 Å². The highest BCUT2D eigenvalue weighted by Gasteiger charge is 2.51. The molecule has 1 saturated heterocycles. The standard InChI is InChI=1S/C6H11BClFO2/c1-3-4(2-10)11-5(7)6(3,8)9/h3-5,10H,2,7H2,1H3/t3-,4-,5-,6-/m1/s1. The molecular weight excluding hydrogens is 169 g/mol. The van der Waals surface area contributed by atoms with E-state index in [1.807, 2.05) is 0 Å². The minimum absolute atomic E-state index is 0.177. The van der Waals surface area contributed by atoms with Gasteiger partial charge in [-0.1, -0.05) is 18.5 Å². The Labute approximate surface area is 71.1 Å². The van der Waals surface area contributed by atoms with Crippen molar-refractivity contribution >= 4 is 19.4 Å². The van der Waals surface area contributed by atoms with Gasteiger partial charge in [0.2, 0.25) is 5.13 Å². The minimum Gasteiger partial charge on any atom is -0.394 e. The molecule has 1 rings (SSSR count). The number of halogens is 2. The zero-order valence-electron chi connectivity index (χ0n) is 6.55.